The van der Waals surface area contributed by atoms with E-state index in [4.69, 9.17) is 27.8 Å². The highest BCUT2D eigenvalue weighted by Gasteiger charge is 2.39. The van der Waals surface area contributed by atoms with Gasteiger partial charge in [0, 0.05) is 17.1 Å². The molecule has 0 aliphatic rings. The number of hydrogen-bond donors (Lipinski definition) is 3. The Morgan fingerprint density at radius 1 is 1.23 bits per heavy atom. The van der Waals surface area contributed by atoms with E-state index in [-0.39, 0.29) is 37.1 Å². The zero-order valence-corrected chi connectivity index (χ0v) is 21.1. The van der Waals surface area contributed by atoms with E-state index in [2.05, 4.69) is 15.2 Å². The van der Waals surface area contributed by atoms with E-state index in [1.54, 1.807) is 0 Å². The van der Waals surface area contributed by atoms with Gasteiger partial charge in [0.2, 0.25) is 0 Å². The van der Waals surface area contributed by atoms with Gasteiger partial charge in [0.25, 0.3) is 0 Å². The molecule has 2 atom stereocenters. The lowest BCUT2D eigenvalue weighted by atomic mass is 10.2. The first-order chi connectivity index (χ1) is 16.4. The summed E-state index contributed by atoms with van der Waals surface area (Å²) in [6.45, 7) is -1.84. The van der Waals surface area contributed by atoms with Crippen molar-refractivity contribution in [3.8, 4) is 11.4 Å². The molecule has 0 bridgehead atoms. The number of aromatic nitrogens is 6. The van der Waals surface area contributed by atoms with Crippen molar-refractivity contribution in [2.24, 2.45) is 11.5 Å². The Balaban J connectivity index is 1.98. The highest BCUT2D eigenvalue weighted by molar-refractivity contribution is 6.30. The van der Waals surface area contributed by atoms with Crippen molar-refractivity contribution < 1.29 is 27.8 Å². The van der Waals surface area contributed by atoms with Gasteiger partial charge in [0.15, 0.2) is 23.9 Å². The van der Waals surface area contributed by atoms with Gasteiger partial charge in [-0.2, -0.15) is 18.3 Å². The molecule has 3 rings (SSSR count). The summed E-state index contributed by atoms with van der Waals surface area (Å²) in [7, 11) is 0. The van der Waals surface area contributed by atoms with Crippen molar-refractivity contribution in [2.45, 2.75) is 31.5 Å². The van der Waals surface area contributed by atoms with Crippen LogP contribution in [-0.4, -0.2) is 81.1 Å². The van der Waals surface area contributed by atoms with Gasteiger partial charge in [-0.3, -0.25) is 9.36 Å². The zero-order valence-electron chi connectivity index (χ0n) is 18.3. The molecule has 1 aromatic carbocycles. The van der Waals surface area contributed by atoms with Gasteiger partial charge in [-0.05, 0) is 24.3 Å². The minimum absolute atomic E-state index is 0.0861. The third-order valence-electron chi connectivity index (χ3n) is 4.83. The molecule has 0 saturated heterocycles. The van der Waals surface area contributed by atoms with Crippen molar-refractivity contribution >= 4 is 34.1 Å². The first-order valence-corrected chi connectivity index (χ1v) is 11.4. The van der Waals surface area contributed by atoms with Gasteiger partial charge in [-0.15, -0.1) is 5.10 Å². The monoisotopic (exact) mass is 532 g/mol. The Hall–Kier alpha value is -2.74. The van der Waals surface area contributed by atoms with Crippen LogP contribution in [0.4, 0.5) is 13.2 Å². The molecule has 0 fully saturated rings. The van der Waals surface area contributed by atoms with E-state index in [9.17, 15) is 27.9 Å². The number of esters is 1. The van der Waals surface area contributed by atoms with Crippen LogP contribution in [0.2, 0.25) is 5.02 Å². The highest BCUT2D eigenvalue weighted by atomic mass is 35.5. The quantitative estimate of drug-likeness (QED) is 0.227. The lowest BCUT2D eigenvalue weighted by Gasteiger charge is -2.15. The van der Waals surface area contributed by atoms with Crippen molar-refractivity contribution in [1.29, 1.82) is 0 Å². The van der Waals surface area contributed by atoms with Crippen LogP contribution in [0.1, 0.15) is 17.8 Å². The van der Waals surface area contributed by atoms with Crippen molar-refractivity contribution in [3.63, 3.8) is 0 Å². The fraction of sp³-hybridized carbons (Fsp3) is 0.389. The maximum Gasteiger partial charge on any atom is 0.416 e. The first-order valence-electron chi connectivity index (χ1n) is 10.1. The first kappa shape index (κ1) is 26.9. The van der Waals surface area contributed by atoms with Gasteiger partial charge in [-0.25, -0.2) is 14.5 Å². The number of nitrogens with zero attached hydrogens (tertiary/aromatic N) is 6. The molecule has 188 valence electrons. The Morgan fingerprint density at radius 3 is 2.46 bits per heavy atom. The van der Waals surface area contributed by atoms with Crippen LogP contribution >= 0.6 is 11.6 Å². The number of carbonyl (C=O) groups excluding carboxylic acids is 1. The van der Waals surface area contributed by atoms with Gasteiger partial charge in [0.05, 0.1) is 13.1 Å². The molecule has 12 nitrogen and oxygen atoms in total. The van der Waals surface area contributed by atoms with Crippen LogP contribution in [0.25, 0.3) is 11.4 Å². The van der Waals surface area contributed by atoms with Gasteiger partial charge >= 0.3 is 34.3 Å². The standard InChI is InChI=1S/C18H19ClF3N8O4.Al.2H/c19-10-3-1-9(2-4-10)16-28-30(17(33)29(16)7-12(31)18(20,21)22)8-13-25-15(27-26-13)11(5-23)34-14(32)6-24;;;/h1-4,11-12,31H,5-8,23-24H2;;;/q-1;+1;;/t11-,12-;;;/m0.../s1. The minimum Gasteiger partial charge on any atom is -0.452 e. The summed E-state index contributed by atoms with van der Waals surface area (Å²) in [5, 5.41) is 18.3. The van der Waals surface area contributed by atoms with Crippen molar-refractivity contribution in [1.82, 2.24) is 28.1 Å². The fourth-order valence-corrected chi connectivity index (χ4v) is 3.89. The average molecular weight is 533 g/mol. The van der Waals surface area contributed by atoms with Crippen LogP contribution in [0.15, 0.2) is 29.1 Å². The summed E-state index contributed by atoms with van der Waals surface area (Å²) in [5.41, 5.74) is 10.3. The third-order valence-corrected chi connectivity index (χ3v) is 5.74. The molecule has 0 radical (unpaired) electrons. The second-order valence-electron chi connectivity index (χ2n) is 7.37. The van der Waals surface area contributed by atoms with Gasteiger partial charge < -0.3 is 25.0 Å². The number of carbonyl (C=O) groups is 1. The van der Waals surface area contributed by atoms with Gasteiger partial charge in [-0.1, -0.05) is 11.6 Å². The SMILES string of the molecule is NCC(=O)O[C@@H](CN)c1nc(Cn2nc(-c3ccc(Cl)cc3)n(C[C@H](O)C(F)(F)F)c2=O)n[n]1[AlH2]. The molecule has 0 aliphatic carbocycles. The second-order valence-corrected chi connectivity index (χ2v) is 8.65. The number of aliphatic hydroxyl groups is 1. The number of benzene rings is 1. The number of nitrogens with two attached hydrogens (primary N) is 2. The van der Waals surface area contributed by atoms with Crippen LogP contribution in [0, 0.1) is 0 Å². The predicted molar refractivity (Wildman–Crippen MR) is 119 cm³/mol. The number of hydrogen-bond acceptors (Lipinski definition) is 9. The van der Waals surface area contributed by atoms with Gasteiger partial charge in [0.1, 0.15) is 12.4 Å². The van der Waals surface area contributed by atoms with E-state index in [1.165, 1.54) is 27.9 Å². The van der Waals surface area contributed by atoms with Crippen LogP contribution in [0.3, 0.4) is 0 Å². The van der Waals surface area contributed by atoms with E-state index >= 15 is 0 Å². The van der Waals surface area contributed by atoms with E-state index in [0.717, 1.165) is 4.68 Å². The molecular weight excluding hydrogens is 512 g/mol. The summed E-state index contributed by atoms with van der Waals surface area (Å²) < 4.78 is 47.1. The van der Waals surface area contributed by atoms with Crippen LogP contribution in [-0.2, 0) is 22.6 Å². The maximum absolute atomic E-state index is 13.0. The molecule has 2 heterocycles. The van der Waals surface area contributed by atoms with E-state index in [1.807, 2.05) is 0 Å². The molecular formula is C18H21AlClF3N8O4. The van der Waals surface area contributed by atoms with Crippen LogP contribution in [0.5, 0.6) is 0 Å². The number of halogens is 4. The van der Waals surface area contributed by atoms with Crippen LogP contribution < -0.4 is 17.2 Å². The Kier molecular flexibility index (Phi) is 8.36. The smallest absolute Gasteiger partial charge is 0.416 e. The summed E-state index contributed by atoms with van der Waals surface area (Å²) in [4.78, 5) is 28.8. The molecule has 2 aromatic heterocycles. The predicted octanol–water partition coefficient (Wildman–Crippen LogP) is -1.17. The molecule has 5 N–H and O–H groups in total. The number of ether oxygens (including phenoxy) is 1. The summed E-state index contributed by atoms with van der Waals surface area (Å²) in [6.07, 6.45) is -8.67. The largest absolute Gasteiger partial charge is 0.452 e. The molecule has 3 aromatic rings. The highest BCUT2D eigenvalue weighted by Crippen LogP contribution is 2.24. The fourth-order valence-electron chi connectivity index (χ4n) is 3.14. The number of alkyl halides is 3. The average Bonchev–Trinajstić information content (AvgIpc) is 3.31. The molecule has 0 amide bonds. The summed E-state index contributed by atoms with van der Waals surface area (Å²) in [6, 6.07) is 5.92. The van der Waals surface area contributed by atoms with Crippen molar-refractivity contribution in [3.05, 3.63) is 51.4 Å². The summed E-state index contributed by atoms with van der Waals surface area (Å²) >= 11 is 6.20. The minimum atomic E-state index is -4.95. The normalized spacial score (nSPS) is 13.6. The Labute approximate surface area is 208 Å². The maximum atomic E-state index is 13.0. The Bertz CT molecular complexity index is 1240. The molecule has 0 saturated carbocycles. The van der Waals surface area contributed by atoms with E-state index < -0.39 is 36.6 Å². The third kappa shape index (κ3) is 6.29. The summed E-state index contributed by atoms with van der Waals surface area (Å²) in [5.74, 6) is -0.494. The topological polar surface area (TPSA) is 169 Å². The molecule has 0 unspecified atom stereocenters. The number of rotatable bonds is 9. The van der Waals surface area contributed by atoms with E-state index in [0.29, 0.717) is 31.7 Å². The Morgan fingerprint density at radius 2 is 1.89 bits per heavy atom. The molecule has 17 heteroatoms. The lowest BCUT2D eigenvalue weighted by molar-refractivity contribution is -0.207. The molecule has 0 aliphatic heterocycles. The molecule has 0 spiro atoms. The second kappa shape index (κ2) is 10.9. The zero-order chi connectivity index (χ0) is 25.9. The van der Waals surface area contributed by atoms with Crippen molar-refractivity contribution in [2.75, 3.05) is 13.1 Å². The number of aliphatic hydroxyl groups excluding tert-OH is 1. The molecule has 35 heavy (non-hydrogen) atoms. The lowest BCUT2D eigenvalue weighted by Crippen LogP contribution is -2.37.